The second kappa shape index (κ2) is 6.11. The van der Waals surface area contributed by atoms with Crippen LogP contribution in [0, 0.1) is 6.92 Å². The van der Waals surface area contributed by atoms with Gasteiger partial charge in [0.25, 0.3) is 5.91 Å². The number of benzene rings is 1. The first-order chi connectivity index (χ1) is 9.45. The van der Waals surface area contributed by atoms with E-state index >= 15 is 0 Å². The Morgan fingerprint density at radius 1 is 1.35 bits per heavy atom. The zero-order valence-corrected chi connectivity index (χ0v) is 13.1. The molecule has 0 atom stereocenters. The quantitative estimate of drug-likeness (QED) is 0.835. The Balaban J connectivity index is 2.17. The van der Waals surface area contributed by atoms with Gasteiger partial charge in [-0.3, -0.25) is 9.78 Å². The summed E-state index contributed by atoms with van der Waals surface area (Å²) in [6, 6.07) is 8.94. The van der Waals surface area contributed by atoms with Crippen LogP contribution in [0.5, 0.6) is 0 Å². The molecular weight excluding hydrogens is 338 g/mol. The van der Waals surface area contributed by atoms with Gasteiger partial charge in [0.15, 0.2) is 0 Å². The van der Waals surface area contributed by atoms with E-state index in [0.29, 0.717) is 16.9 Å². The Morgan fingerprint density at radius 3 is 2.65 bits per heavy atom. The van der Waals surface area contributed by atoms with Gasteiger partial charge in [-0.05, 0) is 42.8 Å². The lowest BCUT2D eigenvalue weighted by molar-refractivity contribution is 0.102. The number of hydrogen-bond acceptors (Lipinski definition) is 3. The largest absolute Gasteiger partial charge is 0.389 e. The number of carbonyl (C=O) groups excluding carboxylic acids is 1. The van der Waals surface area contributed by atoms with Gasteiger partial charge in [0.05, 0.1) is 0 Å². The summed E-state index contributed by atoms with van der Waals surface area (Å²) in [6.07, 6.45) is 1.49. The lowest BCUT2D eigenvalue weighted by Crippen LogP contribution is -2.15. The van der Waals surface area contributed by atoms with E-state index < -0.39 is 0 Å². The van der Waals surface area contributed by atoms with Crippen LogP contribution in [0.1, 0.15) is 21.6 Å². The molecule has 102 valence electrons. The van der Waals surface area contributed by atoms with Crippen molar-refractivity contribution in [1.82, 2.24) is 4.98 Å². The Kier molecular flexibility index (Phi) is 4.46. The van der Waals surface area contributed by atoms with E-state index in [1.54, 1.807) is 12.1 Å². The summed E-state index contributed by atoms with van der Waals surface area (Å²) in [6.45, 7) is 1.95. The molecule has 0 radical (unpaired) electrons. The van der Waals surface area contributed by atoms with Gasteiger partial charge in [0.2, 0.25) is 0 Å². The van der Waals surface area contributed by atoms with Crippen LogP contribution in [0.2, 0.25) is 0 Å². The maximum Gasteiger partial charge on any atom is 0.274 e. The van der Waals surface area contributed by atoms with Crippen molar-refractivity contribution in [3.05, 3.63) is 57.8 Å². The number of halogens is 1. The number of nitrogens with two attached hydrogens (primary N) is 1. The minimum absolute atomic E-state index is 0.257. The first-order valence-corrected chi connectivity index (χ1v) is 7.00. The molecule has 1 aromatic carbocycles. The number of thiocarbonyl (C=S) groups is 1. The Hall–Kier alpha value is -1.79. The number of aryl methyl sites for hydroxylation is 1. The molecule has 1 heterocycles. The predicted octanol–water partition coefficient (Wildman–Crippen LogP) is 3.04. The monoisotopic (exact) mass is 349 g/mol. The lowest BCUT2D eigenvalue weighted by Gasteiger charge is -2.07. The lowest BCUT2D eigenvalue weighted by atomic mass is 10.2. The molecule has 2 aromatic rings. The van der Waals surface area contributed by atoms with Crippen molar-refractivity contribution >= 4 is 44.7 Å². The fourth-order valence-corrected chi connectivity index (χ4v) is 2.41. The van der Waals surface area contributed by atoms with Gasteiger partial charge >= 0.3 is 0 Å². The van der Waals surface area contributed by atoms with Crippen LogP contribution in [0.3, 0.4) is 0 Å². The standard InChI is InChI=1S/C14H12BrN3OS/c1-8-4-10(15)6-11(5-8)18-14(19)12-3-2-9(7-17-12)13(16)20/h2-7H,1H3,(H2,16,20)(H,18,19). The fourth-order valence-electron chi connectivity index (χ4n) is 1.68. The normalized spacial score (nSPS) is 10.1. The van der Waals surface area contributed by atoms with Gasteiger partial charge in [-0.1, -0.05) is 28.1 Å². The van der Waals surface area contributed by atoms with Crippen molar-refractivity contribution in [1.29, 1.82) is 0 Å². The number of rotatable bonds is 3. The third kappa shape index (κ3) is 3.61. The average molecular weight is 350 g/mol. The van der Waals surface area contributed by atoms with Crippen LogP contribution in [-0.4, -0.2) is 15.9 Å². The molecule has 0 unspecified atom stereocenters. The zero-order chi connectivity index (χ0) is 14.7. The van der Waals surface area contributed by atoms with Gasteiger partial charge in [-0.15, -0.1) is 0 Å². The highest BCUT2D eigenvalue weighted by atomic mass is 79.9. The van der Waals surface area contributed by atoms with Crippen LogP contribution < -0.4 is 11.1 Å². The minimum Gasteiger partial charge on any atom is -0.389 e. The molecule has 6 heteroatoms. The minimum atomic E-state index is -0.281. The van der Waals surface area contributed by atoms with Gasteiger partial charge in [0.1, 0.15) is 10.7 Å². The maximum atomic E-state index is 12.1. The first-order valence-electron chi connectivity index (χ1n) is 5.80. The predicted molar refractivity (Wildman–Crippen MR) is 87.0 cm³/mol. The number of nitrogens with zero attached hydrogens (tertiary/aromatic N) is 1. The van der Waals surface area contributed by atoms with Crippen molar-refractivity contribution in [2.75, 3.05) is 5.32 Å². The SMILES string of the molecule is Cc1cc(Br)cc(NC(=O)c2ccc(C(N)=S)cn2)c1. The summed E-state index contributed by atoms with van der Waals surface area (Å²) >= 11 is 8.23. The van der Waals surface area contributed by atoms with E-state index in [0.717, 1.165) is 10.0 Å². The molecule has 0 aliphatic carbocycles. The van der Waals surface area contributed by atoms with Gasteiger partial charge in [-0.25, -0.2) is 0 Å². The number of amides is 1. The topological polar surface area (TPSA) is 68.0 Å². The van der Waals surface area contributed by atoms with Crippen LogP contribution >= 0.6 is 28.1 Å². The van der Waals surface area contributed by atoms with Crippen LogP contribution in [0.15, 0.2) is 41.0 Å². The summed E-state index contributed by atoms with van der Waals surface area (Å²) in [7, 11) is 0. The zero-order valence-electron chi connectivity index (χ0n) is 10.7. The highest BCUT2D eigenvalue weighted by Crippen LogP contribution is 2.19. The number of anilines is 1. The number of pyridine rings is 1. The number of nitrogens with one attached hydrogen (secondary N) is 1. The van der Waals surface area contributed by atoms with Gasteiger partial charge in [-0.2, -0.15) is 0 Å². The molecule has 0 spiro atoms. The van der Waals surface area contributed by atoms with Crippen LogP contribution in [-0.2, 0) is 0 Å². The summed E-state index contributed by atoms with van der Waals surface area (Å²) in [5.74, 6) is -0.281. The molecule has 0 saturated carbocycles. The molecule has 0 saturated heterocycles. The highest BCUT2D eigenvalue weighted by Gasteiger charge is 2.09. The molecule has 3 N–H and O–H groups in total. The molecule has 2 rings (SSSR count). The van der Waals surface area contributed by atoms with Crippen molar-refractivity contribution in [2.45, 2.75) is 6.92 Å². The van der Waals surface area contributed by atoms with Crippen molar-refractivity contribution in [2.24, 2.45) is 5.73 Å². The molecular formula is C14H12BrN3OS. The smallest absolute Gasteiger partial charge is 0.274 e. The fraction of sp³-hybridized carbons (Fsp3) is 0.0714. The van der Waals surface area contributed by atoms with E-state index in [9.17, 15) is 4.79 Å². The molecule has 0 bridgehead atoms. The van der Waals surface area contributed by atoms with Crippen molar-refractivity contribution in [3.8, 4) is 0 Å². The number of hydrogen-bond donors (Lipinski definition) is 2. The van der Waals surface area contributed by atoms with Crippen molar-refractivity contribution in [3.63, 3.8) is 0 Å². The molecule has 1 aromatic heterocycles. The molecule has 0 aliphatic heterocycles. The van der Waals surface area contributed by atoms with Crippen LogP contribution in [0.4, 0.5) is 5.69 Å². The second-order valence-electron chi connectivity index (χ2n) is 4.27. The van der Waals surface area contributed by atoms with E-state index in [2.05, 4.69) is 26.2 Å². The summed E-state index contributed by atoms with van der Waals surface area (Å²) in [4.78, 5) is 16.4. The Labute approximate surface area is 130 Å². The summed E-state index contributed by atoms with van der Waals surface area (Å²) in [5.41, 5.74) is 8.18. The third-order valence-corrected chi connectivity index (χ3v) is 3.27. The summed E-state index contributed by atoms with van der Waals surface area (Å²) in [5, 5.41) is 2.79. The van der Waals surface area contributed by atoms with E-state index in [-0.39, 0.29) is 10.9 Å². The van der Waals surface area contributed by atoms with Crippen LogP contribution in [0.25, 0.3) is 0 Å². The Morgan fingerprint density at radius 2 is 2.10 bits per heavy atom. The van der Waals surface area contributed by atoms with E-state index in [4.69, 9.17) is 18.0 Å². The molecule has 0 fully saturated rings. The highest BCUT2D eigenvalue weighted by molar-refractivity contribution is 9.10. The van der Waals surface area contributed by atoms with E-state index in [1.165, 1.54) is 6.20 Å². The summed E-state index contributed by atoms with van der Waals surface area (Å²) < 4.78 is 0.907. The molecule has 1 amide bonds. The average Bonchev–Trinajstić information content (AvgIpc) is 2.37. The maximum absolute atomic E-state index is 12.1. The third-order valence-electron chi connectivity index (χ3n) is 2.58. The van der Waals surface area contributed by atoms with E-state index in [1.807, 2.05) is 25.1 Å². The van der Waals surface area contributed by atoms with Gasteiger partial charge < -0.3 is 11.1 Å². The number of aromatic nitrogens is 1. The van der Waals surface area contributed by atoms with Gasteiger partial charge in [0, 0.05) is 21.9 Å². The molecule has 4 nitrogen and oxygen atoms in total. The first kappa shape index (κ1) is 14.6. The second-order valence-corrected chi connectivity index (χ2v) is 5.62. The molecule has 0 aliphatic rings. The Bertz CT molecular complexity index is 650. The van der Waals surface area contributed by atoms with Crippen molar-refractivity contribution < 1.29 is 4.79 Å². The molecule has 20 heavy (non-hydrogen) atoms. The number of carbonyl (C=O) groups is 1.